The molecule has 110 valence electrons. The van der Waals surface area contributed by atoms with E-state index in [4.69, 9.17) is 0 Å². The SMILES string of the molecule is C=C(C)c1c(C=CC=CC)cn(C(=C)C=CC)c1C(=C)C. The summed E-state index contributed by atoms with van der Waals surface area (Å²) in [5.74, 6) is 0. The van der Waals surface area contributed by atoms with Crippen LogP contribution in [0.4, 0.5) is 0 Å². The lowest BCUT2D eigenvalue weighted by Crippen LogP contribution is -1.98. The Labute approximate surface area is 129 Å². The fraction of sp³-hybridized carbons (Fsp3) is 0.200. The highest BCUT2D eigenvalue weighted by atomic mass is 15.0. The molecule has 0 saturated carbocycles. The van der Waals surface area contributed by atoms with Gasteiger partial charge in [-0.25, -0.2) is 0 Å². The molecule has 0 amide bonds. The molecule has 0 unspecified atom stereocenters. The van der Waals surface area contributed by atoms with Gasteiger partial charge in [-0.3, -0.25) is 0 Å². The van der Waals surface area contributed by atoms with Crippen molar-refractivity contribution in [3.8, 4) is 0 Å². The third kappa shape index (κ3) is 3.85. The van der Waals surface area contributed by atoms with Crippen molar-refractivity contribution in [2.75, 3.05) is 0 Å². The molecule has 1 rings (SSSR count). The molecule has 1 nitrogen and oxygen atoms in total. The molecule has 1 heterocycles. The van der Waals surface area contributed by atoms with Crippen LogP contribution in [0, 0.1) is 0 Å². The Morgan fingerprint density at radius 1 is 1.00 bits per heavy atom. The van der Waals surface area contributed by atoms with Crippen LogP contribution in [0.1, 0.15) is 44.5 Å². The van der Waals surface area contributed by atoms with Gasteiger partial charge < -0.3 is 4.57 Å². The predicted octanol–water partition coefficient (Wildman–Crippen LogP) is 6.19. The van der Waals surface area contributed by atoms with Gasteiger partial charge in [-0.1, -0.05) is 50.1 Å². The van der Waals surface area contributed by atoms with Gasteiger partial charge in [-0.05, 0) is 44.9 Å². The molecule has 0 aromatic carbocycles. The second-order valence-electron chi connectivity index (χ2n) is 5.11. The molecule has 0 spiro atoms. The first-order valence-electron chi connectivity index (χ1n) is 7.12. The maximum atomic E-state index is 4.14. The van der Waals surface area contributed by atoms with E-state index in [0.29, 0.717) is 0 Å². The van der Waals surface area contributed by atoms with E-state index >= 15 is 0 Å². The minimum atomic E-state index is 0.920. The van der Waals surface area contributed by atoms with E-state index in [1.54, 1.807) is 0 Å². The van der Waals surface area contributed by atoms with Gasteiger partial charge in [0.1, 0.15) is 0 Å². The Balaban J connectivity index is 3.59. The molecular weight excluding hydrogens is 254 g/mol. The first-order valence-corrected chi connectivity index (χ1v) is 7.12. The average molecular weight is 279 g/mol. The highest BCUT2D eigenvalue weighted by Gasteiger charge is 2.16. The maximum absolute atomic E-state index is 4.14. The third-order valence-corrected chi connectivity index (χ3v) is 3.11. The van der Waals surface area contributed by atoms with Crippen LogP contribution in [0.25, 0.3) is 22.9 Å². The number of rotatable bonds is 6. The standard InChI is InChI=1S/C20H25N/c1-8-10-11-13-18-14-21(17(7)12-9-2)20(16(5)6)19(18)15(3)4/h8-14H,3,5,7H2,1-2,4,6H3. The molecule has 0 radical (unpaired) electrons. The zero-order valence-corrected chi connectivity index (χ0v) is 13.6. The van der Waals surface area contributed by atoms with E-state index in [0.717, 1.165) is 33.7 Å². The van der Waals surface area contributed by atoms with E-state index in [1.807, 2.05) is 58.1 Å². The van der Waals surface area contributed by atoms with Crippen molar-refractivity contribution in [3.63, 3.8) is 0 Å². The molecule has 0 atom stereocenters. The van der Waals surface area contributed by atoms with Crippen LogP contribution in [0.15, 0.2) is 56.3 Å². The van der Waals surface area contributed by atoms with Crippen LogP contribution in [-0.4, -0.2) is 4.57 Å². The maximum Gasteiger partial charge on any atom is 0.0560 e. The molecule has 1 aromatic heterocycles. The van der Waals surface area contributed by atoms with E-state index in [-0.39, 0.29) is 0 Å². The molecule has 0 aliphatic rings. The zero-order valence-electron chi connectivity index (χ0n) is 13.6. The molecular formula is C20H25N. The summed E-state index contributed by atoms with van der Waals surface area (Å²) in [5, 5.41) is 0. The second kappa shape index (κ2) is 7.49. The smallest absolute Gasteiger partial charge is 0.0560 e. The first kappa shape index (κ1) is 16.8. The summed E-state index contributed by atoms with van der Waals surface area (Å²) < 4.78 is 2.08. The number of allylic oxidation sites excluding steroid dienone is 8. The van der Waals surface area contributed by atoms with Crippen molar-refractivity contribution in [3.05, 3.63) is 73.1 Å². The number of nitrogens with zero attached hydrogens (tertiary/aromatic N) is 1. The quantitative estimate of drug-likeness (QED) is 0.547. The average Bonchev–Trinajstić information content (AvgIpc) is 2.79. The third-order valence-electron chi connectivity index (χ3n) is 3.11. The summed E-state index contributed by atoms with van der Waals surface area (Å²) in [6, 6.07) is 0. The van der Waals surface area contributed by atoms with Gasteiger partial charge in [0.2, 0.25) is 0 Å². The summed E-state index contributed by atoms with van der Waals surface area (Å²) >= 11 is 0. The summed E-state index contributed by atoms with van der Waals surface area (Å²) in [6.45, 7) is 20.4. The van der Waals surface area contributed by atoms with Crippen LogP contribution < -0.4 is 0 Å². The molecule has 0 bridgehead atoms. The normalized spacial score (nSPS) is 11.8. The lowest BCUT2D eigenvalue weighted by molar-refractivity contribution is 1.09. The predicted molar refractivity (Wildman–Crippen MR) is 97.8 cm³/mol. The van der Waals surface area contributed by atoms with Gasteiger partial charge in [0.25, 0.3) is 0 Å². The van der Waals surface area contributed by atoms with Gasteiger partial charge in [0.15, 0.2) is 0 Å². The van der Waals surface area contributed by atoms with E-state index in [1.165, 1.54) is 0 Å². The Morgan fingerprint density at radius 3 is 2.14 bits per heavy atom. The van der Waals surface area contributed by atoms with Gasteiger partial charge in [0, 0.05) is 23.0 Å². The Kier molecular flexibility index (Phi) is 5.98. The van der Waals surface area contributed by atoms with Crippen LogP contribution in [0.3, 0.4) is 0 Å². The van der Waals surface area contributed by atoms with Gasteiger partial charge in [0.05, 0.1) is 5.69 Å². The van der Waals surface area contributed by atoms with Gasteiger partial charge >= 0.3 is 0 Å². The van der Waals surface area contributed by atoms with Crippen molar-refractivity contribution in [2.45, 2.75) is 27.7 Å². The number of hydrogen-bond acceptors (Lipinski definition) is 0. The summed E-state index contributed by atoms with van der Waals surface area (Å²) in [7, 11) is 0. The second-order valence-corrected chi connectivity index (χ2v) is 5.11. The molecule has 1 aromatic rings. The lowest BCUT2D eigenvalue weighted by Gasteiger charge is -2.11. The number of hydrogen-bond donors (Lipinski definition) is 0. The molecule has 0 fully saturated rings. The van der Waals surface area contributed by atoms with Crippen molar-refractivity contribution < 1.29 is 0 Å². The van der Waals surface area contributed by atoms with Crippen LogP contribution in [0.5, 0.6) is 0 Å². The topological polar surface area (TPSA) is 4.93 Å². The fourth-order valence-corrected chi connectivity index (χ4v) is 2.29. The van der Waals surface area contributed by atoms with Crippen LogP contribution >= 0.6 is 0 Å². The molecule has 0 saturated heterocycles. The van der Waals surface area contributed by atoms with Crippen LogP contribution in [0.2, 0.25) is 0 Å². The number of aromatic nitrogens is 1. The lowest BCUT2D eigenvalue weighted by atomic mass is 10.0. The summed E-state index contributed by atoms with van der Waals surface area (Å²) in [6.07, 6.45) is 14.2. The summed E-state index contributed by atoms with van der Waals surface area (Å²) in [4.78, 5) is 0. The van der Waals surface area contributed by atoms with E-state index in [9.17, 15) is 0 Å². The molecule has 0 N–H and O–H groups in total. The molecule has 0 aliphatic carbocycles. The molecule has 1 heteroatoms. The summed E-state index contributed by atoms with van der Waals surface area (Å²) in [5.41, 5.74) is 6.29. The van der Waals surface area contributed by atoms with E-state index in [2.05, 4.69) is 36.6 Å². The Hall–Kier alpha value is -2.28. The largest absolute Gasteiger partial charge is 0.316 e. The molecule has 0 aliphatic heterocycles. The van der Waals surface area contributed by atoms with Crippen LogP contribution in [-0.2, 0) is 0 Å². The minimum Gasteiger partial charge on any atom is -0.316 e. The van der Waals surface area contributed by atoms with Gasteiger partial charge in [-0.2, -0.15) is 0 Å². The van der Waals surface area contributed by atoms with E-state index < -0.39 is 0 Å². The van der Waals surface area contributed by atoms with Gasteiger partial charge in [-0.15, -0.1) is 0 Å². The highest BCUT2D eigenvalue weighted by Crippen LogP contribution is 2.32. The first-order chi connectivity index (χ1) is 9.93. The Morgan fingerprint density at radius 2 is 1.67 bits per heavy atom. The highest BCUT2D eigenvalue weighted by molar-refractivity contribution is 5.84. The zero-order chi connectivity index (χ0) is 16.0. The van der Waals surface area contributed by atoms with Crippen molar-refractivity contribution in [1.82, 2.24) is 4.57 Å². The monoisotopic (exact) mass is 279 g/mol. The Bertz CT molecular complexity index is 646. The fourth-order valence-electron chi connectivity index (χ4n) is 2.29. The van der Waals surface area contributed by atoms with Crippen molar-refractivity contribution in [2.24, 2.45) is 0 Å². The molecule has 21 heavy (non-hydrogen) atoms. The minimum absolute atomic E-state index is 0.920. The van der Waals surface area contributed by atoms with Crippen molar-refractivity contribution >= 4 is 22.9 Å². The van der Waals surface area contributed by atoms with Crippen molar-refractivity contribution in [1.29, 1.82) is 0 Å².